The van der Waals surface area contributed by atoms with Gasteiger partial charge >= 0.3 is 0 Å². The maximum absolute atomic E-state index is 14.8. The second-order valence-electron chi connectivity index (χ2n) is 9.99. The molecule has 0 spiro atoms. The molecular weight excluding hydrogens is 509 g/mol. The molecule has 0 atom stereocenters. The Hall–Kier alpha value is -4.63. The number of benzene rings is 3. The van der Waals surface area contributed by atoms with E-state index in [9.17, 15) is 19.1 Å². The van der Waals surface area contributed by atoms with Gasteiger partial charge in [0.05, 0.1) is 11.8 Å². The third-order valence-electron chi connectivity index (χ3n) is 7.21. The number of hydrogen-bond donors (Lipinski definition) is 4. The Balaban J connectivity index is 1.16. The molecule has 2 amide bonds. The first-order chi connectivity index (χ1) is 19.3. The van der Waals surface area contributed by atoms with Gasteiger partial charge in [-0.05, 0) is 98.6 Å². The van der Waals surface area contributed by atoms with Gasteiger partial charge in [0.2, 0.25) is 0 Å². The fourth-order valence-electron chi connectivity index (χ4n) is 4.67. The number of amides is 2. The minimum Gasteiger partial charge on any atom is -0.393 e. The van der Waals surface area contributed by atoms with Crippen molar-refractivity contribution in [3.63, 3.8) is 0 Å². The Bertz CT molecular complexity index is 1510. The topological polar surface area (TPSA) is 98.6 Å². The molecule has 1 aliphatic rings. The van der Waals surface area contributed by atoms with Gasteiger partial charge in [0.25, 0.3) is 11.8 Å². The molecule has 0 radical (unpaired) electrons. The van der Waals surface area contributed by atoms with E-state index in [1.54, 1.807) is 66.2 Å². The van der Waals surface area contributed by atoms with Gasteiger partial charge in [-0.15, -0.1) is 0 Å². The monoisotopic (exact) mass is 541 g/mol. The Kier molecular flexibility index (Phi) is 7.84. The standard InChI is InChI=1S/C31H32FN5O3/c1-20-3-14-29(36(20)2)31(40)35-24-10-13-28(27(32)19-24)33-22-6-8-23(9-7-22)34-30(39)21-4-11-25(12-5-21)37-17-15-26(38)16-18-37/h3-14,19,26,33,38H,15-18H2,1-2H3,(H,34,39)(H,35,40). The predicted octanol–water partition coefficient (Wildman–Crippen LogP) is 5.68. The highest BCUT2D eigenvalue weighted by Gasteiger charge is 2.18. The summed E-state index contributed by atoms with van der Waals surface area (Å²) in [5.74, 6) is -1.05. The maximum atomic E-state index is 14.8. The lowest BCUT2D eigenvalue weighted by Crippen LogP contribution is -2.35. The van der Waals surface area contributed by atoms with Crippen LogP contribution in [0, 0.1) is 12.7 Å². The van der Waals surface area contributed by atoms with Crippen molar-refractivity contribution in [1.29, 1.82) is 0 Å². The molecule has 3 aromatic carbocycles. The first kappa shape index (κ1) is 27.0. The van der Waals surface area contributed by atoms with Crippen molar-refractivity contribution in [3.8, 4) is 0 Å². The molecule has 1 aliphatic heterocycles. The summed E-state index contributed by atoms with van der Waals surface area (Å²) < 4.78 is 16.6. The number of aliphatic hydroxyl groups is 1. The summed E-state index contributed by atoms with van der Waals surface area (Å²) in [5, 5.41) is 18.3. The first-order valence-corrected chi connectivity index (χ1v) is 13.2. The lowest BCUT2D eigenvalue weighted by Gasteiger charge is -2.31. The summed E-state index contributed by atoms with van der Waals surface area (Å²) >= 11 is 0. The van der Waals surface area contributed by atoms with E-state index in [-0.39, 0.29) is 23.6 Å². The van der Waals surface area contributed by atoms with Crippen molar-refractivity contribution in [1.82, 2.24) is 4.57 Å². The van der Waals surface area contributed by atoms with E-state index in [0.717, 1.165) is 37.3 Å². The maximum Gasteiger partial charge on any atom is 0.272 e. The molecule has 8 nitrogen and oxygen atoms in total. The van der Waals surface area contributed by atoms with Crippen LogP contribution in [-0.4, -0.2) is 40.7 Å². The minimum atomic E-state index is -0.512. The van der Waals surface area contributed by atoms with Gasteiger partial charge in [-0.3, -0.25) is 9.59 Å². The van der Waals surface area contributed by atoms with Crippen LogP contribution < -0.4 is 20.9 Å². The third-order valence-corrected chi connectivity index (χ3v) is 7.21. The Morgan fingerprint density at radius 2 is 1.45 bits per heavy atom. The Morgan fingerprint density at radius 3 is 2.08 bits per heavy atom. The molecule has 4 N–H and O–H groups in total. The largest absolute Gasteiger partial charge is 0.393 e. The third kappa shape index (κ3) is 6.16. The van der Waals surface area contributed by atoms with Crippen LogP contribution in [0.2, 0.25) is 0 Å². The number of carbonyl (C=O) groups excluding carboxylic acids is 2. The quantitative estimate of drug-likeness (QED) is 0.241. The Labute approximate surface area is 232 Å². The number of carbonyl (C=O) groups is 2. The van der Waals surface area contributed by atoms with Crippen LogP contribution in [0.4, 0.5) is 32.8 Å². The van der Waals surface area contributed by atoms with E-state index < -0.39 is 5.82 Å². The zero-order chi connectivity index (χ0) is 28.2. The number of rotatable bonds is 7. The second-order valence-corrected chi connectivity index (χ2v) is 9.99. The number of aromatic nitrogens is 1. The number of aliphatic hydroxyl groups excluding tert-OH is 1. The summed E-state index contributed by atoms with van der Waals surface area (Å²) in [5.41, 5.74) is 4.88. The van der Waals surface area contributed by atoms with Gasteiger partial charge in [-0.1, -0.05) is 0 Å². The van der Waals surface area contributed by atoms with Crippen LogP contribution in [0.15, 0.2) is 78.9 Å². The fourth-order valence-corrected chi connectivity index (χ4v) is 4.67. The number of piperidine rings is 1. The zero-order valence-electron chi connectivity index (χ0n) is 22.4. The minimum absolute atomic E-state index is 0.226. The number of halogens is 1. The Morgan fingerprint density at radius 1 is 0.825 bits per heavy atom. The molecule has 40 heavy (non-hydrogen) atoms. The number of nitrogens with one attached hydrogen (secondary N) is 3. The van der Waals surface area contributed by atoms with Crippen LogP contribution in [0.25, 0.3) is 0 Å². The molecular formula is C31H32FN5O3. The smallest absolute Gasteiger partial charge is 0.272 e. The summed E-state index contributed by atoms with van der Waals surface area (Å²) in [6.07, 6.45) is 1.27. The van der Waals surface area contributed by atoms with Crippen LogP contribution in [0.5, 0.6) is 0 Å². The molecule has 0 unspecified atom stereocenters. The van der Waals surface area contributed by atoms with E-state index in [2.05, 4.69) is 20.9 Å². The molecule has 206 valence electrons. The lowest BCUT2D eigenvalue weighted by atomic mass is 10.1. The predicted molar refractivity (Wildman–Crippen MR) is 156 cm³/mol. The van der Waals surface area contributed by atoms with Crippen LogP contribution in [-0.2, 0) is 7.05 Å². The summed E-state index contributed by atoms with van der Waals surface area (Å²) in [7, 11) is 1.80. The molecule has 2 heterocycles. The lowest BCUT2D eigenvalue weighted by molar-refractivity contribution is 0.101. The second kappa shape index (κ2) is 11.6. The average Bonchev–Trinajstić information content (AvgIpc) is 3.29. The normalized spacial score (nSPS) is 13.7. The highest BCUT2D eigenvalue weighted by atomic mass is 19.1. The van der Waals surface area contributed by atoms with Crippen molar-refractivity contribution >= 4 is 40.3 Å². The van der Waals surface area contributed by atoms with Gasteiger partial charge in [-0.2, -0.15) is 0 Å². The van der Waals surface area contributed by atoms with Gasteiger partial charge < -0.3 is 30.5 Å². The van der Waals surface area contributed by atoms with Crippen LogP contribution >= 0.6 is 0 Å². The average molecular weight is 542 g/mol. The molecule has 5 rings (SSSR count). The van der Waals surface area contributed by atoms with Crippen molar-refractivity contribution in [3.05, 3.63) is 102 Å². The van der Waals surface area contributed by atoms with E-state index >= 15 is 0 Å². The molecule has 1 fully saturated rings. The number of hydrogen-bond acceptors (Lipinski definition) is 5. The molecule has 1 aromatic heterocycles. The molecule has 9 heteroatoms. The molecule has 0 aliphatic carbocycles. The summed E-state index contributed by atoms with van der Waals surface area (Å²) in [4.78, 5) is 27.5. The number of nitrogens with zero attached hydrogens (tertiary/aromatic N) is 2. The van der Waals surface area contributed by atoms with Crippen LogP contribution in [0.1, 0.15) is 39.4 Å². The van der Waals surface area contributed by atoms with E-state index in [1.807, 2.05) is 25.1 Å². The van der Waals surface area contributed by atoms with Gasteiger partial charge in [0.1, 0.15) is 11.5 Å². The van der Waals surface area contributed by atoms with E-state index in [4.69, 9.17) is 0 Å². The van der Waals surface area contributed by atoms with Gasteiger partial charge in [-0.25, -0.2) is 4.39 Å². The van der Waals surface area contributed by atoms with Crippen LogP contribution in [0.3, 0.4) is 0 Å². The molecule has 4 aromatic rings. The fraction of sp³-hybridized carbons (Fsp3) is 0.226. The zero-order valence-corrected chi connectivity index (χ0v) is 22.4. The van der Waals surface area contributed by atoms with Crippen molar-refractivity contribution in [2.24, 2.45) is 7.05 Å². The summed E-state index contributed by atoms with van der Waals surface area (Å²) in [6.45, 7) is 3.50. The molecule has 0 bridgehead atoms. The number of anilines is 5. The van der Waals surface area contributed by atoms with E-state index in [0.29, 0.717) is 28.3 Å². The van der Waals surface area contributed by atoms with Gasteiger partial charge in [0.15, 0.2) is 0 Å². The van der Waals surface area contributed by atoms with Crippen molar-refractivity contribution in [2.45, 2.75) is 25.9 Å². The van der Waals surface area contributed by atoms with Crippen molar-refractivity contribution < 1.29 is 19.1 Å². The molecule has 1 saturated heterocycles. The number of aryl methyl sites for hydroxylation is 1. The highest BCUT2D eigenvalue weighted by Crippen LogP contribution is 2.25. The van der Waals surface area contributed by atoms with Gasteiger partial charge in [0, 0.05) is 54.1 Å². The SMILES string of the molecule is Cc1ccc(C(=O)Nc2ccc(Nc3ccc(NC(=O)c4ccc(N5CCC(O)CC5)cc4)cc3)c(F)c2)n1C. The first-order valence-electron chi connectivity index (χ1n) is 13.2. The van der Waals surface area contributed by atoms with E-state index in [1.165, 1.54) is 6.07 Å². The van der Waals surface area contributed by atoms with Crippen molar-refractivity contribution in [2.75, 3.05) is 33.9 Å². The highest BCUT2D eigenvalue weighted by molar-refractivity contribution is 6.04. The summed E-state index contributed by atoms with van der Waals surface area (Å²) in [6, 6.07) is 22.4. The molecule has 0 saturated carbocycles.